The quantitative estimate of drug-likeness (QED) is 0.758. The number of rotatable bonds is 2. The zero-order valence-electron chi connectivity index (χ0n) is 8.41. The molecule has 0 aliphatic heterocycles. The van der Waals surface area contributed by atoms with Gasteiger partial charge in [0.05, 0.1) is 10.4 Å². The van der Waals surface area contributed by atoms with E-state index in [1.54, 1.807) is 0 Å². The predicted molar refractivity (Wildman–Crippen MR) is 71.8 cm³/mol. The van der Waals surface area contributed by atoms with Crippen LogP contribution in [-0.4, -0.2) is 14.8 Å². The van der Waals surface area contributed by atoms with Crippen molar-refractivity contribution >= 4 is 43.5 Å². The van der Waals surface area contributed by atoms with E-state index in [-0.39, 0.29) is 0 Å². The van der Waals surface area contributed by atoms with Crippen molar-refractivity contribution in [3.8, 4) is 11.4 Å². The first-order chi connectivity index (χ1) is 7.63. The summed E-state index contributed by atoms with van der Waals surface area (Å²) in [5.74, 6) is 1.63. The molecule has 0 saturated carbocycles. The number of nitrogens with zero attached hydrogens (tertiary/aromatic N) is 3. The van der Waals surface area contributed by atoms with Gasteiger partial charge in [0.25, 0.3) is 0 Å². The van der Waals surface area contributed by atoms with Gasteiger partial charge < -0.3 is 4.57 Å². The molecule has 16 heavy (non-hydrogen) atoms. The minimum absolute atomic E-state index is 0.667. The van der Waals surface area contributed by atoms with E-state index in [4.69, 9.17) is 11.6 Å². The molecule has 0 radical (unpaired) electrons. The van der Waals surface area contributed by atoms with Gasteiger partial charge in [0.2, 0.25) is 0 Å². The van der Waals surface area contributed by atoms with E-state index in [1.807, 2.05) is 29.8 Å². The first-order valence-corrected chi connectivity index (χ1v) is 6.82. The zero-order valence-corrected chi connectivity index (χ0v) is 12.3. The molecule has 0 N–H and O–H groups in total. The highest BCUT2D eigenvalue weighted by molar-refractivity contribution is 9.10. The van der Waals surface area contributed by atoms with Gasteiger partial charge in [0.15, 0.2) is 5.82 Å². The number of alkyl halides is 1. The van der Waals surface area contributed by atoms with Gasteiger partial charge in [-0.3, -0.25) is 0 Å². The highest BCUT2D eigenvalue weighted by Gasteiger charge is 2.12. The third-order valence-corrected chi connectivity index (χ3v) is 3.58. The lowest BCUT2D eigenvalue weighted by Crippen LogP contribution is -1.97. The van der Waals surface area contributed by atoms with E-state index >= 15 is 0 Å². The second-order valence-corrected chi connectivity index (χ2v) is 5.14. The number of halogens is 3. The highest BCUT2D eigenvalue weighted by Crippen LogP contribution is 2.29. The molecule has 84 valence electrons. The van der Waals surface area contributed by atoms with Gasteiger partial charge in [-0.25, -0.2) is 0 Å². The van der Waals surface area contributed by atoms with Crippen LogP contribution in [0.15, 0.2) is 22.7 Å². The maximum Gasteiger partial charge on any atom is 0.165 e. The second-order valence-electron chi connectivity index (χ2n) is 3.26. The second kappa shape index (κ2) is 4.85. The Hall–Kier alpha value is -0.390. The number of benzene rings is 1. The zero-order chi connectivity index (χ0) is 11.7. The Balaban J connectivity index is 2.58. The summed E-state index contributed by atoms with van der Waals surface area (Å²) in [6, 6.07) is 5.67. The van der Waals surface area contributed by atoms with Crippen LogP contribution in [-0.2, 0) is 12.4 Å². The summed E-state index contributed by atoms with van der Waals surface area (Å²) < 4.78 is 2.89. The fraction of sp³-hybridized carbons (Fsp3) is 0.200. The number of hydrogen-bond acceptors (Lipinski definition) is 2. The summed E-state index contributed by atoms with van der Waals surface area (Å²) in [6.45, 7) is 0. The van der Waals surface area contributed by atoms with Gasteiger partial charge in [-0.05, 0) is 18.2 Å². The molecule has 0 saturated heterocycles. The predicted octanol–water partition coefficient (Wildman–Crippen LogP) is 3.79. The van der Waals surface area contributed by atoms with Crippen molar-refractivity contribution < 1.29 is 0 Å². The van der Waals surface area contributed by atoms with Crippen LogP contribution in [0, 0.1) is 0 Å². The van der Waals surface area contributed by atoms with Gasteiger partial charge in [-0.2, -0.15) is 0 Å². The summed E-state index contributed by atoms with van der Waals surface area (Å²) in [4.78, 5) is 0. The third-order valence-electron chi connectivity index (χ3n) is 2.25. The topological polar surface area (TPSA) is 30.7 Å². The lowest BCUT2D eigenvalue weighted by Gasteiger charge is -2.05. The van der Waals surface area contributed by atoms with Gasteiger partial charge in [0.1, 0.15) is 5.82 Å². The summed E-state index contributed by atoms with van der Waals surface area (Å²) in [7, 11) is 1.92. The van der Waals surface area contributed by atoms with Gasteiger partial charge in [-0.15, -0.1) is 10.2 Å². The molecule has 6 heteroatoms. The molecule has 0 bridgehead atoms. The molecule has 1 aromatic heterocycles. The van der Waals surface area contributed by atoms with Crippen molar-refractivity contribution in [2.45, 2.75) is 5.33 Å². The average molecular weight is 365 g/mol. The van der Waals surface area contributed by atoms with E-state index in [2.05, 4.69) is 42.1 Å². The van der Waals surface area contributed by atoms with E-state index < -0.39 is 0 Å². The molecule has 0 amide bonds. The van der Waals surface area contributed by atoms with Crippen LogP contribution in [0.4, 0.5) is 0 Å². The normalized spacial score (nSPS) is 10.8. The van der Waals surface area contributed by atoms with Crippen molar-refractivity contribution in [1.29, 1.82) is 0 Å². The highest BCUT2D eigenvalue weighted by atomic mass is 79.9. The SMILES string of the molecule is Cn1c(CBr)nnc1-c1cc(Br)ccc1Cl. The van der Waals surface area contributed by atoms with E-state index in [9.17, 15) is 0 Å². The maximum absolute atomic E-state index is 6.14. The standard InChI is InChI=1S/C10H8Br2ClN3/c1-16-9(5-11)14-15-10(16)7-4-6(12)2-3-8(7)13/h2-4H,5H2,1H3. The van der Waals surface area contributed by atoms with Crippen LogP contribution in [0.2, 0.25) is 5.02 Å². The largest absolute Gasteiger partial charge is 0.313 e. The fourth-order valence-corrected chi connectivity index (χ4v) is 2.43. The van der Waals surface area contributed by atoms with Crippen molar-refractivity contribution in [3.63, 3.8) is 0 Å². The number of hydrogen-bond donors (Lipinski definition) is 0. The van der Waals surface area contributed by atoms with Crippen molar-refractivity contribution in [2.75, 3.05) is 0 Å². The average Bonchev–Trinajstić information content (AvgIpc) is 2.63. The van der Waals surface area contributed by atoms with Gasteiger partial charge in [-0.1, -0.05) is 43.5 Å². The molecular formula is C10H8Br2ClN3. The summed E-state index contributed by atoms with van der Waals surface area (Å²) in [5, 5.41) is 9.55. The molecule has 0 aliphatic rings. The van der Waals surface area contributed by atoms with E-state index in [1.165, 1.54) is 0 Å². The molecule has 0 aliphatic carbocycles. The van der Waals surface area contributed by atoms with E-state index in [0.29, 0.717) is 10.4 Å². The summed E-state index contributed by atoms with van der Waals surface area (Å²) >= 11 is 12.9. The summed E-state index contributed by atoms with van der Waals surface area (Å²) in [5.41, 5.74) is 0.873. The molecule has 2 rings (SSSR count). The van der Waals surface area contributed by atoms with Crippen molar-refractivity contribution in [1.82, 2.24) is 14.8 Å². The van der Waals surface area contributed by atoms with Crippen LogP contribution in [0.25, 0.3) is 11.4 Å². The molecular weight excluding hydrogens is 357 g/mol. The number of aromatic nitrogens is 3. The third kappa shape index (κ3) is 2.17. The molecule has 3 nitrogen and oxygen atoms in total. The Kier molecular flexibility index (Phi) is 3.66. The van der Waals surface area contributed by atoms with Gasteiger partial charge in [0, 0.05) is 17.1 Å². The minimum atomic E-state index is 0.667. The monoisotopic (exact) mass is 363 g/mol. The molecule has 1 heterocycles. The maximum atomic E-state index is 6.14. The Morgan fingerprint density at radius 2 is 2.12 bits per heavy atom. The van der Waals surface area contributed by atoms with Crippen LogP contribution in [0.1, 0.15) is 5.82 Å². The molecule has 0 unspecified atom stereocenters. The first-order valence-electron chi connectivity index (χ1n) is 4.53. The first kappa shape index (κ1) is 12.1. The Morgan fingerprint density at radius 1 is 1.38 bits per heavy atom. The molecule has 1 aromatic carbocycles. The van der Waals surface area contributed by atoms with Crippen LogP contribution in [0.3, 0.4) is 0 Å². The lowest BCUT2D eigenvalue weighted by atomic mass is 10.2. The van der Waals surface area contributed by atoms with Crippen LogP contribution in [0.5, 0.6) is 0 Å². The fourth-order valence-electron chi connectivity index (χ4n) is 1.38. The van der Waals surface area contributed by atoms with Crippen molar-refractivity contribution in [3.05, 3.63) is 33.5 Å². The summed E-state index contributed by atoms with van der Waals surface area (Å²) in [6.07, 6.45) is 0. The Morgan fingerprint density at radius 3 is 2.75 bits per heavy atom. The van der Waals surface area contributed by atoms with Gasteiger partial charge >= 0.3 is 0 Å². The Bertz CT molecular complexity index is 525. The molecule has 0 atom stereocenters. The molecule has 2 aromatic rings. The smallest absolute Gasteiger partial charge is 0.165 e. The molecule has 0 fully saturated rings. The van der Waals surface area contributed by atoms with E-state index in [0.717, 1.165) is 21.7 Å². The van der Waals surface area contributed by atoms with Crippen LogP contribution >= 0.6 is 43.5 Å². The van der Waals surface area contributed by atoms with Crippen molar-refractivity contribution in [2.24, 2.45) is 7.05 Å². The molecule has 0 spiro atoms. The Labute approximate surface area is 115 Å². The minimum Gasteiger partial charge on any atom is -0.313 e. The lowest BCUT2D eigenvalue weighted by molar-refractivity contribution is 0.859. The van der Waals surface area contributed by atoms with Crippen LogP contribution < -0.4 is 0 Å².